The highest BCUT2D eigenvalue weighted by atomic mass is 32.2. The molecule has 0 unspecified atom stereocenters. The smallest absolute Gasteiger partial charge is 0.178 e. The fourth-order valence-electron chi connectivity index (χ4n) is 2.34. The van der Waals surface area contributed by atoms with Crippen LogP contribution in [0.3, 0.4) is 0 Å². The molecule has 0 bridgehead atoms. The lowest BCUT2D eigenvalue weighted by Crippen LogP contribution is -2.10. The van der Waals surface area contributed by atoms with E-state index in [1.807, 2.05) is 18.2 Å². The summed E-state index contributed by atoms with van der Waals surface area (Å²) in [5.41, 5.74) is 8.21. The van der Waals surface area contributed by atoms with Gasteiger partial charge in [-0.05, 0) is 49.4 Å². The molecule has 0 aromatic heterocycles. The Morgan fingerprint density at radius 2 is 1.67 bits per heavy atom. The zero-order valence-electron chi connectivity index (χ0n) is 12.2. The Hall–Kier alpha value is -1.81. The maximum Gasteiger partial charge on any atom is 0.178 e. The van der Waals surface area contributed by atoms with Crippen molar-refractivity contribution in [3.05, 3.63) is 59.7 Å². The van der Waals surface area contributed by atoms with Gasteiger partial charge in [0.1, 0.15) is 0 Å². The molecule has 0 aliphatic heterocycles. The number of hydrogen-bond acceptors (Lipinski definition) is 3. The molecule has 0 heterocycles. The van der Waals surface area contributed by atoms with Crippen LogP contribution in [0.4, 0.5) is 5.69 Å². The van der Waals surface area contributed by atoms with Crippen LogP contribution in [0.15, 0.2) is 53.4 Å². The fourth-order valence-corrected chi connectivity index (χ4v) is 4.02. The molecule has 2 aromatic rings. The highest BCUT2D eigenvalue weighted by Gasteiger charge is 2.17. The van der Waals surface area contributed by atoms with Crippen LogP contribution in [-0.4, -0.2) is 14.2 Å². The van der Waals surface area contributed by atoms with Crippen LogP contribution in [0.25, 0.3) is 0 Å². The molecule has 2 rings (SSSR count). The SMILES string of the molecule is Cc1c(N)cccc1S(=O)(=O)CCCCc1ccccc1. The molecule has 0 saturated carbocycles. The summed E-state index contributed by atoms with van der Waals surface area (Å²) in [5, 5.41) is 0. The molecule has 2 aromatic carbocycles. The van der Waals surface area contributed by atoms with E-state index >= 15 is 0 Å². The van der Waals surface area contributed by atoms with Gasteiger partial charge in [-0.1, -0.05) is 36.4 Å². The molecule has 4 heteroatoms. The number of anilines is 1. The summed E-state index contributed by atoms with van der Waals surface area (Å²) in [4.78, 5) is 0.363. The van der Waals surface area contributed by atoms with Gasteiger partial charge in [0.05, 0.1) is 10.6 Å². The van der Waals surface area contributed by atoms with Crippen LogP contribution in [0.5, 0.6) is 0 Å². The van der Waals surface area contributed by atoms with Gasteiger partial charge in [0.15, 0.2) is 9.84 Å². The fraction of sp³-hybridized carbons (Fsp3) is 0.294. The Morgan fingerprint density at radius 1 is 0.952 bits per heavy atom. The lowest BCUT2D eigenvalue weighted by Gasteiger charge is -2.09. The third-order valence-corrected chi connectivity index (χ3v) is 5.57. The molecule has 0 aliphatic rings. The lowest BCUT2D eigenvalue weighted by atomic mass is 10.1. The van der Waals surface area contributed by atoms with Gasteiger partial charge in [-0.15, -0.1) is 0 Å². The molecule has 0 saturated heterocycles. The Bertz CT molecular complexity index is 694. The Morgan fingerprint density at radius 3 is 2.38 bits per heavy atom. The van der Waals surface area contributed by atoms with Crippen LogP contribution in [-0.2, 0) is 16.3 Å². The first-order valence-electron chi connectivity index (χ1n) is 7.12. The van der Waals surface area contributed by atoms with Crippen molar-refractivity contribution in [3.63, 3.8) is 0 Å². The van der Waals surface area contributed by atoms with Gasteiger partial charge >= 0.3 is 0 Å². The first kappa shape index (κ1) is 15.6. The second-order valence-corrected chi connectivity index (χ2v) is 7.31. The van der Waals surface area contributed by atoms with Gasteiger partial charge < -0.3 is 5.73 Å². The van der Waals surface area contributed by atoms with Crippen molar-refractivity contribution in [1.29, 1.82) is 0 Å². The van der Waals surface area contributed by atoms with Crippen molar-refractivity contribution in [2.75, 3.05) is 11.5 Å². The molecule has 0 atom stereocenters. The molecule has 2 N–H and O–H groups in total. The third kappa shape index (κ3) is 4.08. The second-order valence-electron chi connectivity index (χ2n) is 5.23. The van der Waals surface area contributed by atoms with E-state index in [-0.39, 0.29) is 5.75 Å². The summed E-state index contributed by atoms with van der Waals surface area (Å²) >= 11 is 0. The average Bonchev–Trinajstić information content (AvgIpc) is 2.47. The number of nitrogen functional groups attached to an aromatic ring is 1. The molecule has 21 heavy (non-hydrogen) atoms. The highest BCUT2D eigenvalue weighted by molar-refractivity contribution is 7.91. The van der Waals surface area contributed by atoms with Crippen LogP contribution in [0.1, 0.15) is 24.0 Å². The number of nitrogens with two attached hydrogens (primary N) is 1. The third-order valence-electron chi connectivity index (χ3n) is 3.63. The van der Waals surface area contributed by atoms with Gasteiger partial charge in [0, 0.05) is 5.69 Å². The molecular weight excluding hydrogens is 282 g/mol. The largest absolute Gasteiger partial charge is 0.398 e. The first-order valence-corrected chi connectivity index (χ1v) is 8.78. The van der Waals surface area contributed by atoms with E-state index in [0.29, 0.717) is 22.6 Å². The molecule has 0 aliphatic carbocycles. The van der Waals surface area contributed by atoms with Crippen LogP contribution >= 0.6 is 0 Å². The molecule has 0 radical (unpaired) electrons. The Labute approximate surface area is 126 Å². The summed E-state index contributed by atoms with van der Waals surface area (Å²) in [6, 6.07) is 15.2. The van der Waals surface area contributed by atoms with Crippen molar-refractivity contribution >= 4 is 15.5 Å². The Balaban J connectivity index is 1.94. The van der Waals surface area contributed by atoms with Crippen molar-refractivity contribution in [3.8, 4) is 0 Å². The summed E-state index contributed by atoms with van der Waals surface area (Å²) in [6.45, 7) is 1.76. The van der Waals surface area contributed by atoms with Crippen molar-refractivity contribution in [2.24, 2.45) is 0 Å². The van der Waals surface area contributed by atoms with Gasteiger partial charge in [0.2, 0.25) is 0 Å². The highest BCUT2D eigenvalue weighted by Crippen LogP contribution is 2.22. The molecule has 112 valence electrons. The quantitative estimate of drug-likeness (QED) is 0.657. The van der Waals surface area contributed by atoms with Gasteiger partial charge in [-0.25, -0.2) is 8.42 Å². The molecular formula is C17H21NO2S. The van der Waals surface area contributed by atoms with Crippen molar-refractivity contribution < 1.29 is 8.42 Å². The van der Waals surface area contributed by atoms with E-state index in [0.717, 1.165) is 12.8 Å². The molecule has 0 fully saturated rings. The maximum absolute atomic E-state index is 12.4. The summed E-state index contributed by atoms with van der Waals surface area (Å²) < 4.78 is 24.7. The normalized spacial score (nSPS) is 11.5. The van der Waals surface area contributed by atoms with E-state index in [2.05, 4.69) is 12.1 Å². The average molecular weight is 303 g/mol. The van der Waals surface area contributed by atoms with Gasteiger partial charge in [-0.2, -0.15) is 0 Å². The predicted octanol–water partition coefficient (Wildman–Crippen LogP) is 3.37. The minimum Gasteiger partial charge on any atom is -0.398 e. The molecule has 0 amide bonds. The molecule has 3 nitrogen and oxygen atoms in total. The molecule has 0 spiro atoms. The van der Waals surface area contributed by atoms with Gasteiger partial charge in [-0.3, -0.25) is 0 Å². The van der Waals surface area contributed by atoms with E-state index in [1.54, 1.807) is 25.1 Å². The van der Waals surface area contributed by atoms with Crippen molar-refractivity contribution in [1.82, 2.24) is 0 Å². The topological polar surface area (TPSA) is 60.2 Å². The monoisotopic (exact) mass is 303 g/mol. The number of unbranched alkanes of at least 4 members (excludes halogenated alkanes) is 1. The lowest BCUT2D eigenvalue weighted by molar-refractivity contribution is 0.591. The maximum atomic E-state index is 12.4. The first-order chi connectivity index (χ1) is 10.0. The Kier molecular flexibility index (Phi) is 5.02. The number of rotatable bonds is 6. The summed E-state index contributed by atoms with van der Waals surface area (Å²) in [7, 11) is -3.25. The van der Waals surface area contributed by atoms with Gasteiger partial charge in [0.25, 0.3) is 0 Å². The summed E-state index contributed by atoms with van der Waals surface area (Å²) in [5.74, 6) is 0.171. The standard InChI is InChI=1S/C17H21NO2S/c1-14-16(18)11-7-12-17(14)21(19,20)13-6-5-10-15-8-3-2-4-9-15/h2-4,7-9,11-12H,5-6,10,13,18H2,1H3. The van der Waals surface area contributed by atoms with E-state index in [4.69, 9.17) is 5.73 Å². The summed E-state index contributed by atoms with van der Waals surface area (Å²) in [6.07, 6.45) is 2.43. The minimum atomic E-state index is -3.25. The van der Waals surface area contributed by atoms with E-state index < -0.39 is 9.84 Å². The van der Waals surface area contributed by atoms with E-state index in [9.17, 15) is 8.42 Å². The predicted molar refractivity (Wildman–Crippen MR) is 87.0 cm³/mol. The second kappa shape index (κ2) is 6.76. The van der Waals surface area contributed by atoms with E-state index in [1.165, 1.54) is 5.56 Å². The number of hydrogen-bond donors (Lipinski definition) is 1. The van der Waals surface area contributed by atoms with Crippen LogP contribution < -0.4 is 5.73 Å². The van der Waals surface area contributed by atoms with Crippen LogP contribution in [0.2, 0.25) is 0 Å². The zero-order valence-corrected chi connectivity index (χ0v) is 13.1. The van der Waals surface area contributed by atoms with Crippen molar-refractivity contribution in [2.45, 2.75) is 31.1 Å². The minimum absolute atomic E-state index is 0.171. The number of aryl methyl sites for hydroxylation is 1. The van der Waals surface area contributed by atoms with Crippen LogP contribution in [0, 0.1) is 6.92 Å². The number of benzene rings is 2. The zero-order chi connectivity index (χ0) is 15.3. The number of sulfone groups is 1.